The number of fused-ring (bicyclic) bond motifs is 5. The highest BCUT2D eigenvalue weighted by atomic mass is 16.3. The molecule has 2 nitrogen and oxygen atoms in total. The zero-order chi connectivity index (χ0) is 21.0. The molecule has 0 saturated heterocycles. The topological polar surface area (TPSA) is 40.5 Å². The first-order valence-electron chi connectivity index (χ1n) is 12.7. The first-order chi connectivity index (χ1) is 13.7. The van der Waals surface area contributed by atoms with Crippen LogP contribution < -0.4 is 0 Å². The van der Waals surface area contributed by atoms with Crippen LogP contribution in [0.25, 0.3) is 0 Å². The molecule has 4 rings (SSSR count). The van der Waals surface area contributed by atoms with Gasteiger partial charge in [0.15, 0.2) is 0 Å². The fourth-order valence-electron chi connectivity index (χ4n) is 8.74. The van der Waals surface area contributed by atoms with Gasteiger partial charge in [-0.1, -0.05) is 60.0 Å². The SMILES string of the molecule is CC(C)CCCC(C)[C@H]1CC[C@H]2[C@@H]3CC=C4C(O)C(O)CC[C@]4(C)[C@H]3CC[C@]12C. The van der Waals surface area contributed by atoms with Gasteiger partial charge < -0.3 is 10.2 Å². The Bertz CT molecular complexity index is 624. The highest BCUT2D eigenvalue weighted by molar-refractivity contribution is 5.29. The maximum atomic E-state index is 10.7. The van der Waals surface area contributed by atoms with Crippen LogP contribution in [-0.4, -0.2) is 22.4 Å². The van der Waals surface area contributed by atoms with Gasteiger partial charge in [0, 0.05) is 0 Å². The molecular weight excluding hydrogens is 356 g/mol. The molecule has 0 aromatic rings. The zero-order valence-electron chi connectivity index (χ0n) is 19.7. The molecule has 0 radical (unpaired) electrons. The molecule has 3 fully saturated rings. The molecule has 0 aromatic heterocycles. The molecule has 0 aliphatic heterocycles. The van der Waals surface area contributed by atoms with Gasteiger partial charge in [0.1, 0.15) is 6.10 Å². The van der Waals surface area contributed by atoms with E-state index in [0.29, 0.717) is 11.3 Å². The highest BCUT2D eigenvalue weighted by Crippen LogP contribution is 2.67. The Hall–Kier alpha value is -0.340. The van der Waals surface area contributed by atoms with Gasteiger partial charge in [-0.2, -0.15) is 0 Å². The van der Waals surface area contributed by atoms with Crippen LogP contribution in [0.3, 0.4) is 0 Å². The predicted molar refractivity (Wildman–Crippen MR) is 120 cm³/mol. The number of aliphatic hydroxyl groups excluding tert-OH is 2. The van der Waals surface area contributed by atoms with Crippen molar-refractivity contribution < 1.29 is 10.2 Å². The van der Waals surface area contributed by atoms with E-state index >= 15 is 0 Å². The second kappa shape index (κ2) is 7.97. The molecule has 29 heavy (non-hydrogen) atoms. The van der Waals surface area contributed by atoms with Crippen LogP contribution in [0.4, 0.5) is 0 Å². The number of rotatable bonds is 5. The minimum Gasteiger partial charge on any atom is -0.390 e. The van der Waals surface area contributed by atoms with Crippen LogP contribution in [0.2, 0.25) is 0 Å². The van der Waals surface area contributed by atoms with Crippen molar-refractivity contribution in [1.29, 1.82) is 0 Å². The van der Waals surface area contributed by atoms with Crippen molar-refractivity contribution in [2.24, 2.45) is 46.3 Å². The van der Waals surface area contributed by atoms with Gasteiger partial charge in [0.2, 0.25) is 0 Å². The summed E-state index contributed by atoms with van der Waals surface area (Å²) in [5.74, 6) is 4.95. The second-order valence-corrected chi connectivity index (χ2v) is 12.3. The lowest BCUT2D eigenvalue weighted by Gasteiger charge is -2.59. The minimum atomic E-state index is -0.625. The van der Waals surface area contributed by atoms with Crippen molar-refractivity contribution in [1.82, 2.24) is 0 Å². The maximum Gasteiger partial charge on any atom is 0.101 e. The van der Waals surface area contributed by atoms with Crippen molar-refractivity contribution in [3.05, 3.63) is 11.6 Å². The summed E-state index contributed by atoms with van der Waals surface area (Å²) in [6.07, 6.45) is 13.9. The monoisotopic (exact) mass is 402 g/mol. The van der Waals surface area contributed by atoms with Crippen LogP contribution in [0.15, 0.2) is 11.6 Å². The second-order valence-electron chi connectivity index (χ2n) is 12.3. The summed E-state index contributed by atoms with van der Waals surface area (Å²) in [4.78, 5) is 0. The molecule has 0 bridgehead atoms. The normalized spacial score (nSPS) is 47.9. The summed E-state index contributed by atoms with van der Waals surface area (Å²) in [6, 6.07) is 0. The lowest BCUT2D eigenvalue weighted by molar-refractivity contribution is -0.0801. The van der Waals surface area contributed by atoms with Gasteiger partial charge in [-0.3, -0.25) is 0 Å². The van der Waals surface area contributed by atoms with E-state index in [2.05, 4.69) is 40.7 Å². The van der Waals surface area contributed by atoms with E-state index in [1.807, 2.05) is 0 Å². The fourth-order valence-corrected chi connectivity index (χ4v) is 8.74. The Morgan fingerprint density at radius 3 is 2.45 bits per heavy atom. The Morgan fingerprint density at radius 2 is 1.72 bits per heavy atom. The quantitative estimate of drug-likeness (QED) is 0.525. The average Bonchev–Trinajstić information content (AvgIpc) is 3.02. The lowest BCUT2D eigenvalue weighted by Crippen LogP contribution is -2.53. The third kappa shape index (κ3) is 3.55. The molecule has 3 unspecified atom stereocenters. The molecule has 3 saturated carbocycles. The highest BCUT2D eigenvalue weighted by Gasteiger charge is 2.60. The first-order valence-corrected chi connectivity index (χ1v) is 12.7. The van der Waals surface area contributed by atoms with Crippen LogP contribution in [0, 0.1) is 46.3 Å². The third-order valence-corrected chi connectivity index (χ3v) is 10.4. The van der Waals surface area contributed by atoms with E-state index in [-0.39, 0.29) is 5.41 Å². The van der Waals surface area contributed by atoms with Crippen molar-refractivity contribution in [2.45, 2.75) is 111 Å². The average molecular weight is 403 g/mol. The van der Waals surface area contributed by atoms with Crippen LogP contribution in [-0.2, 0) is 0 Å². The Morgan fingerprint density at radius 1 is 0.966 bits per heavy atom. The Kier molecular flexibility index (Phi) is 6.01. The summed E-state index contributed by atoms with van der Waals surface area (Å²) in [6.45, 7) is 12.3. The van der Waals surface area contributed by atoms with E-state index in [9.17, 15) is 10.2 Å². The van der Waals surface area contributed by atoms with Crippen molar-refractivity contribution >= 4 is 0 Å². The Labute approximate surface area is 179 Å². The van der Waals surface area contributed by atoms with E-state index in [4.69, 9.17) is 0 Å². The van der Waals surface area contributed by atoms with Gasteiger partial charge in [-0.15, -0.1) is 0 Å². The summed E-state index contributed by atoms with van der Waals surface area (Å²) in [5, 5.41) is 20.9. The van der Waals surface area contributed by atoms with Gasteiger partial charge in [0.05, 0.1) is 6.10 Å². The van der Waals surface area contributed by atoms with Crippen molar-refractivity contribution in [2.75, 3.05) is 0 Å². The van der Waals surface area contributed by atoms with E-state index in [0.717, 1.165) is 48.9 Å². The largest absolute Gasteiger partial charge is 0.390 e. The number of hydrogen-bond donors (Lipinski definition) is 2. The molecular formula is C27H46O2. The smallest absolute Gasteiger partial charge is 0.101 e. The van der Waals surface area contributed by atoms with E-state index < -0.39 is 12.2 Å². The molecule has 4 aliphatic carbocycles. The number of aliphatic hydroxyl groups is 2. The van der Waals surface area contributed by atoms with Crippen molar-refractivity contribution in [3.63, 3.8) is 0 Å². The van der Waals surface area contributed by atoms with E-state index in [1.54, 1.807) is 0 Å². The summed E-state index contributed by atoms with van der Waals surface area (Å²) < 4.78 is 0. The Balaban J connectivity index is 1.51. The van der Waals surface area contributed by atoms with Crippen molar-refractivity contribution in [3.8, 4) is 0 Å². The maximum absolute atomic E-state index is 10.7. The van der Waals surface area contributed by atoms with Gasteiger partial charge in [-0.05, 0) is 96.9 Å². The van der Waals surface area contributed by atoms with Gasteiger partial charge in [0.25, 0.3) is 0 Å². The molecule has 166 valence electrons. The molecule has 0 aromatic carbocycles. The van der Waals surface area contributed by atoms with E-state index in [1.165, 1.54) is 50.5 Å². The minimum absolute atomic E-state index is 0.115. The molecule has 9 atom stereocenters. The summed E-state index contributed by atoms with van der Waals surface area (Å²) in [7, 11) is 0. The number of hydrogen-bond acceptors (Lipinski definition) is 2. The summed E-state index contributed by atoms with van der Waals surface area (Å²) >= 11 is 0. The first kappa shape index (κ1) is 21.9. The molecule has 0 spiro atoms. The summed E-state index contributed by atoms with van der Waals surface area (Å²) in [5.41, 5.74) is 1.81. The van der Waals surface area contributed by atoms with Crippen LogP contribution in [0.1, 0.15) is 98.8 Å². The number of allylic oxidation sites excluding steroid dienone is 1. The van der Waals surface area contributed by atoms with Gasteiger partial charge in [-0.25, -0.2) is 0 Å². The molecule has 0 heterocycles. The molecule has 0 amide bonds. The third-order valence-electron chi connectivity index (χ3n) is 10.4. The standard InChI is InChI=1S/C27H46O2/c1-17(2)7-6-8-18(3)20-11-12-21-19-9-10-23-25(29)24(28)14-16-27(23,5)22(19)13-15-26(20,21)4/h10,17-22,24-25,28-29H,6-9,11-16H2,1-5H3/t18?,19-,20+,21-,22-,24?,25?,26+,27+/m0/s1. The van der Waals surface area contributed by atoms with Crippen LogP contribution >= 0.6 is 0 Å². The molecule has 2 N–H and O–H groups in total. The van der Waals surface area contributed by atoms with Crippen LogP contribution in [0.5, 0.6) is 0 Å². The molecule has 2 heteroatoms. The predicted octanol–water partition coefficient (Wildman–Crippen LogP) is 6.36. The lowest BCUT2D eigenvalue weighted by atomic mass is 9.46. The van der Waals surface area contributed by atoms with Gasteiger partial charge >= 0.3 is 0 Å². The zero-order valence-corrected chi connectivity index (χ0v) is 19.7. The molecule has 4 aliphatic rings. The fraction of sp³-hybridized carbons (Fsp3) is 0.926.